The zero-order valence-corrected chi connectivity index (χ0v) is 32.4. The van der Waals surface area contributed by atoms with Gasteiger partial charge in [0.15, 0.2) is 0 Å². The summed E-state index contributed by atoms with van der Waals surface area (Å²) >= 11 is 0. The molecule has 0 spiro atoms. The molecule has 0 aliphatic heterocycles. The SMILES string of the molecule is COc1cc(OCc2cccc(-c3cccc(COc4ccc(CN[C@H](CO)C(=O)O)c(OCc5cncc(C#N)c5)c4)c3C)c2C)ccc1CN[C@H](CO)C(=O)O. The van der Waals surface area contributed by atoms with Crippen LogP contribution < -0.4 is 29.6 Å². The predicted octanol–water partition coefficient (Wildman–Crippen LogP) is 5.05. The minimum Gasteiger partial charge on any atom is -0.496 e. The monoisotopic (exact) mass is 790 g/mol. The van der Waals surface area contributed by atoms with Crippen molar-refractivity contribution in [2.24, 2.45) is 0 Å². The van der Waals surface area contributed by atoms with Crippen LogP contribution in [0.15, 0.2) is 91.3 Å². The number of nitriles is 1. The molecule has 1 aromatic heterocycles. The number of aliphatic hydroxyl groups is 2. The highest BCUT2D eigenvalue weighted by Crippen LogP contribution is 2.33. The minimum absolute atomic E-state index is 0.104. The number of aliphatic carboxylic acids is 2. The Morgan fingerprint density at radius 1 is 0.690 bits per heavy atom. The van der Waals surface area contributed by atoms with Crippen LogP contribution >= 0.6 is 0 Å². The first kappa shape index (κ1) is 42.6. The number of benzene rings is 4. The molecule has 0 unspecified atom stereocenters. The van der Waals surface area contributed by atoms with Gasteiger partial charge in [-0.1, -0.05) is 48.5 Å². The number of ether oxygens (including phenoxy) is 4. The first-order valence-corrected chi connectivity index (χ1v) is 18.4. The van der Waals surface area contributed by atoms with E-state index in [0.29, 0.717) is 46.3 Å². The fourth-order valence-electron chi connectivity index (χ4n) is 6.17. The second kappa shape index (κ2) is 20.6. The molecule has 0 aliphatic rings. The molecular formula is C44H46N4O10. The van der Waals surface area contributed by atoms with Gasteiger partial charge >= 0.3 is 11.9 Å². The van der Waals surface area contributed by atoms with Crippen molar-refractivity contribution in [3.8, 4) is 40.2 Å². The molecule has 2 atom stereocenters. The molecule has 0 radical (unpaired) electrons. The summed E-state index contributed by atoms with van der Waals surface area (Å²) in [6, 6.07) is 24.2. The van der Waals surface area contributed by atoms with Gasteiger partial charge in [-0.15, -0.1) is 0 Å². The lowest BCUT2D eigenvalue weighted by Gasteiger charge is -2.18. The third-order valence-corrected chi connectivity index (χ3v) is 9.63. The highest BCUT2D eigenvalue weighted by Gasteiger charge is 2.19. The molecule has 4 aromatic carbocycles. The standard InChI is InChI=1S/C44H46N4O10/c1-27-33(25-56-35-12-10-31(41(15-35)55-3)20-47-39(22-49)43(51)52)6-4-8-37(27)38-9-5-7-34(28(38)2)26-57-36-13-11-32(21-48-40(23-50)44(53)54)42(16-36)58-24-30-14-29(17-45)18-46-19-30/h4-16,18-19,39-40,47-50H,20-26H2,1-3H3,(H,51,52)(H,53,54)/t39-,40-/m1/s1. The highest BCUT2D eigenvalue weighted by molar-refractivity contribution is 5.74. The summed E-state index contributed by atoms with van der Waals surface area (Å²) in [5, 5.41) is 52.3. The second-order valence-electron chi connectivity index (χ2n) is 13.4. The number of methoxy groups -OCH3 is 1. The molecule has 0 fully saturated rings. The van der Waals surface area contributed by atoms with E-state index in [4.69, 9.17) is 18.9 Å². The van der Waals surface area contributed by atoms with Crippen molar-refractivity contribution in [1.82, 2.24) is 15.6 Å². The Hall–Kier alpha value is -6.50. The van der Waals surface area contributed by atoms with Crippen LogP contribution in [0.5, 0.6) is 23.0 Å². The first-order chi connectivity index (χ1) is 28.0. The summed E-state index contributed by atoms with van der Waals surface area (Å²) in [6.07, 6.45) is 3.06. The molecule has 0 aliphatic carbocycles. The molecular weight excluding hydrogens is 745 g/mol. The molecule has 0 saturated carbocycles. The van der Waals surface area contributed by atoms with E-state index in [9.17, 15) is 35.3 Å². The van der Waals surface area contributed by atoms with Crippen molar-refractivity contribution >= 4 is 11.9 Å². The largest absolute Gasteiger partial charge is 0.496 e. The van der Waals surface area contributed by atoms with Crippen LogP contribution in [0, 0.1) is 25.2 Å². The van der Waals surface area contributed by atoms with Crippen LogP contribution in [0.3, 0.4) is 0 Å². The van der Waals surface area contributed by atoms with Gasteiger partial charge in [0, 0.05) is 54.3 Å². The van der Waals surface area contributed by atoms with E-state index in [1.54, 1.807) is 48.7 Å². The number of hydrogen-bond donors (Lipinski definition) is 6. The van der Waals surface area contributed by atoms with Crippen LogP contribution in [0.4, 0.5) is 0 Å². The number of carboxylic acid groups (broad SMARTS) is 2. The van der Waals surface area contributed by atoms with E-state index in [2.05, 4.69) is 40.7 Å². The Morgan fingerprint density at radius 2 is 1.21 bits per heavy atom. The average molecular weight is 791 g/mol. The van der Waals surface area contributed by atoms with Crippen LogP contribution in [-0.2, 0) is 42.5 Å². The summed E-state index contributed by atoms with van der Waals surface area (Å²) < 4.78 is 24.1. The van der Waals surface area contributed by atoms with Crippen molar-refractivity contribution in [1.29, 1.82) is 5.26 Å². The molecule has 6 N–H and O–H groups in total. The fraction of sp³-hybridized carbons (Fsp3) is 0.273. The normalized spacial score (nSPS) is 11.9. The number of rotatable bonds is 21. The van der Waals surface area contributed by atoms with Gasteiger partial charge in [-0.25, -0.2) is 0 Å². The fourth-order valence-corrected chi connectivity index (χ4v) is 6.17. The van der Waals surface area contributed by atoms with Crippen molar-refractivity contribution < 1.29 is 49.0 Å². The van der Waals surface area contributed by atoms with Crippen LogP contribution in [-0.4, -0.2) is 69.8 Å². The lowest BCUT2D eigenvalue weighted by Crippen LogP contribution is -2.39. The Bertz CT molecular complexity index is 2260. The molecule has 14 heteroatoms. The van der Waals surface area contributed by atoms with Crippen molar-refractivity contribution in [2.75, 3.05) is 20.3 Å². The van der Waals surface area contributed by atoms with E-state index >= 15 is 0 Å². The molecule has 302 valence electrons. The number of aliphatic hydroxyl groups excluding tert-OH is 2. The smallest absolute Gasteiger partial charge is 0.323 e. The van der Waals surface area contributed by atoms with Gasteiger partial charge in [-0.3, -0.25) is 25.2 Å². The van der Waals surface area contributed by atoms with E-state index < -0.39 is 37.2 Å². The number of aromatic nitrogens is 1. The van der Waals surface area contributed by atoms with Gasteiger partial charge < -0.3 is 39.4 Å². The van der Waals surface area contributed by atoms with Crippen LogP contribution in [0.1, 0.15) is 44.5 Å². The van der Waals surface area contributed by atoms with Gasteiger partial charge in [0.05, 0.1) is 25.9 Å². The summed E-state index contributed by atoms with van der Waals surface area (Å²) in [7, 11) is 1.53. The maximum atomic E-state index is 11.5. The molecule has 0 saturated heterocycles. The molecule has 5 aromatic rings. The zero-order chi connectivity index (χ0) is 41.6. The Labute approximate surface area is 336 Å². The lowest BCUT2D eigenvalue weighted by molar-refractivity contribution is -0.141. The van der Waals surface area contributed by atoms with Gasteiger partial charge in [0.25, 0.3) is 0 Å². The molecule has 5 rings (SSSR count). The number of pyridine rings is 1. The van der Waals surface area contributed by atoms with E-state index in [0.717, 1.165) is 38.9 Å². The molecule has 14 nitrogen and oxygen atoms in total. The van der Waals surface area contributed by atoms with Crippen molar-refractivity contribution in [3.63, 3.8) is 0 Å². The topological polar surface area (TPSA) is 213 Å². The molecule has 58 heavy (non-hydrogen) atoms. The summed E-state index contributed by atoms with van der Waals surface area (Å²) in [6.45, 7) is 3.93. The summed E-state index contributed by atoms with van der Waals surface area (Å²) in [5.41, 5.74) is 8.56. The Morgan fingerprint density at radius 3 is 1.69 bits per heavy atom. The zero-order valence-electron chi connectivity index (χ0n) is 32.4. The second-order valence-corrected chi connectivity index (χ2v) is 13.4. The van der Waals surface area contributed by atoms with E-state index in [1.165, 1.54) is 13.3 Å². The van der Waals surface area contributed by atoms with Crippen LogP contribution in [0.25, 0.3) is 11.1 Å². The lowest BCUT2D eigenvalue weighted by atomic mass is 9.92. The van der Waals surface area contributed by atoms with Gasteiger partial charge in [0.2, 0.25) is 0 Å². The first-order valence-electron chi connectivity index (χ1n) is 18.4. The number of nitrogens with zero attached hydrogens (tertiary/aromatic N) is 2. The van der Waals surface area contributed by atoms with Crippen LogP contribution in [0.2, 0.25) is 0 Å². The maximum Gasteiger partial charge on any atom is 0.323 e. The Balaban J connectivity index is 1.29. The van der Waals surface area contributed by atoms with Gasteiger partial charge in [0.1, 0.15) is 61.0 Å². The highest BCUT2D eigenvalue weighted by atomic mass is 16.5. The minimum atomic E-state index is -1.18. The average Bonchev–Trinajstić information content (AvgIpc) is 3.23. The Kier molecular flexibility index (Phi) is 15.1. The van der Waals surface area contributed by atoms with E-state index in [1.807, 2.05) is 31.2 Å². The number of carboxylic acids is 2. The summed E-state index contributed by atoms with van der Waals surface area (Å²) in [4.78, 5) is 26.8. The third-order valence-electron chi connectivity index (χ3n) is 9.63. The van der Waals surface area contributed by atoms with Gasteiger partial charge in [-0.05, 0) is 65.4 Å². The number of carbonyl (C=O) groups is 2. The quantitative estimate of drug-likeness (QED) is 0.0574. The van der Waals surface area contributed by atoms with Crippen molar-refractivity contribution in [2.45, 2.75) is 58.8 Å². The molecule has 0 bridgehead atoms. The van der Waals surface area contributed by atoms with E-state index in [-0.39, 0.29) is 26.3 Å². The number of nitrogens with one attached hydrogen (secondary N) is 2. The maximum absolute atomic E-state index is 11.5. The van der Waals surface area contributed by atoms with Gasteiger partial charge in [-0.2, -0.15) is 5.26 Å². The molecule has 0 amide bonds. The predicted molar refractivity (Wildman–Crippen MR) is 213 cm³/mol. The number of hydrogen-bond acceptors (Lipinski definition) is 12. The van der Waals surface area contributed by atoms with Crippen molar-refractivity contribution in [3.05, 3.63) is 136 Å². The molecule has 1 heterocycles. The third kappa shape index (κ3) is 11.1. The summed E-state index contributed by atoms with van der Waals surface area (Å²) in [5.74, 6) is -0.253.